The van der Waals surface area contributed by atoms with Crippen molar-refractivity contribution in [1.82, 2.24) is 5.16 Å². The largest absolute Gasteiger partial charge is 0.493 e. The van der Waals surface area contributed by atoms with Crippen LogP contribution in [0.15, 0.2) is 59.1 Å². The molecule has 0 bridgehead atoms. The van der Waals surface area contributed by atoms with Gasteiger partial charge in [0.15, 0.2) is 11.9 Å². The first-order valence-corrected chi connectivity index (χ1v) is 13.5. The smallest absolute Gasteiger partial charge is 0.335 e. The van der Waals surface area contributed by atoms with Gasteiger partial charge in [0.2, 0.25) is 6.29 Å². The summed E-state index contributed by atoms with van der Waals surface area (Å²) in [4.78, 5) is 12.1. The van der Waals surface area contributed by atoms with Gasteiger partial charge in [0, 0.05) is 44.3 Å². The normalized spacial score (nSPS) is 11.9. The van der Waals surface area contributed by atoms with Crippen molar-refractivity contribution in [3.63, 3.8) is 0 Å². The van der Waals surface area contributed by atoms with E-state index in [2.05, 4.69) is 5.16 Å². The Morgan fingerprint density at radius 1 is 0.795 bits per heavy atom. The Bertz CT molecular complexity index is 1090. The SMILES string of the molecule is CCOC(=O)[C@H](Cc1ccc(OCCCOc2ccc(-c3cc(C(OCC)OCC)on3)cc2)cc1)OCC. The molecule has 3 aromatic rings. The molecule has 0 radical (unpaired) electrons. The molecule has 0 aliphatic heterocycles. The van der Waals surface area contributed by atoms with Crippen molar-refractivity contribution >= 4 is 5.97 Å². The fourth-order valence-corrected chi connectivity index (χ4v) is 3.79. The van der Waals surface area contributed by atoms with E-state index in [4.69, 9.17) is 32.9 Å². The lowest BCUT2D eigenvalue weighted by atomic mass is 10.1. The molecule has 2 aromatic carbocycles. The summed E-state index contributed by atoms with van der Waals surface area (Å²) in [5.41, 5.74) is 2.59. The van der Waals surface area contributed by atoms with Gasteiger partial charge >= 0.3 is 5.97 Å². The number of rotatable bonds is 18. The third-order valence-electron chi connectivity index (χ3n) is 5.63. The fraction of sp³-hybridized carbons (Fsp3) is 0.467. The zero-order chi connectivity index (χ0) is 27.9. The molecule has 1 heterocycles. The molecular weight excluding hydrogens is 502 g/mol. The minimum atomic E-state index is -0.602. The summed E-state index contributed by atoms with van der Waals surface area (Å²) in [5.74, 6) is 1.72. The zero-order valence-corrected chi connectivity index (χ0v) is 23.2. The van der Waals surface area contributed by atoms with Gasteiger partial charge in [0.05, 0.1) is 19.8 Å². The lowest BCUT2D eigenvalue weighted by Crippen LogP contribution is -2.28. The van der Waals surface area contributed by atoms with E-state index in [-0.39, 0.29) is 5.97 Å². The fourth-order valence-electron chi connectivity index (χ4n) is 3.79. The Morgan fingerprint density at radius 3 is 1.95 bits per heavy atom. The van der Waals surface area contributed by atoms with Gasteiger partial charge in [-0.15, -0.1) is 0 Å². The predicted octanol–water partition coefficient (Wildman–Crippen LogP) is 5.77. The van der Waals surface area contributed by atoms with Gasteiger partial charge < -0.3 is 32.9 Å². The molecule has 0 aliphatic carbocycles. The lowest BCUT2D eigenvalue weighted by molar-refractivity contribution is -0.156. The van der Waals surface area contributed by atoms with E-state index in [9.17, 15) is 4.79 Å². The maximum Gasteiger partial charge on any atom is 0.335 e. The summed E-state index contributed by atoms with van der Waals surface area (Å²) >= 11 is 0. The van der Waals surface area contributed by atoms with Gasteiger partial charge in [0.1, 0.15) is 17.2 Å². The summed E-state index contributed by atoms with van der Waals surface area (Å²) in [5, 5.41) is 4.14. The monoisotopic (exact) mass is 541 g/mol. The molecule has 0 aliphatic rings. The Balaban J connectivity index is 1.40. The molecule has 212 valence electrons. The first-order valence-electron chi connectivity index (χ1n) is 13.5. The molecule has 0 saturated heterocycles. The molecule has 3 rings (SSSR count). The van der Waals surface area contributed by atoms with Crippen LogP contribution in [0.5, 0.6) is 11.5 Å². The van der Waals surface area contributed by atoms with Crippen molar-refractivity contribution in [2.24, 2.45) is 0 Å². The quantitative estimate of drug-likeness (QED) is 0.113. The van der Waals surface area contributed by atoms with E-state index in [1.807, 2.05) is 75.4 Å². The third kappa shape index (κ3) is 9.69. The minimum absolute atomic E-state index is 0.332. The van der Waals surface area contributed by atoms with Gasteiger partial charge in [-0.3, -0.25) is 0 Å². The molecule has 0 saturated carbocycles. The topological polar surface area (TPSA) is 98.5 Å². The third-order valence-corrected chi connectivity index (χ3v) is 5.63. The Labute approximate surface area is 230 Å². The second-order valence-corrected chi connectivity index (χ2v) is 8.48. The summed E-state index contributed by atoms with van der Waals surface area (Å²) in [6.07, 6.45) is 0.0164. The van der Waals surface area contributed by atoms with Crippen LogP contribution in [0.3, 0.4) is 0 Å². The molecule has 1 aromatic heterocycles. The van der Waals surface area contributed by atoms with Gasteiger partial charge in [-0.05, 0) is 69.7 Å². The number of hydrogen-bond acceptors (Lipinski definition) is 9. The molecule has 0 unspecified atom stereocenters. The van der Waals surface area contributed by atoms with Crippen molar-refractivity contribution in [2.75, 3.05) is 39.6 Å². The average Bonchev–Trinajstić information content (AvgIpc) is 3.44. The molecule has 0 N–H and O–H groups in total. The van der Waals surface area contributed by atoms with E-state index < -0.39 is 12.4 Å². The molecule has 0 spiro atoms. The van der Waals surface area contributed by atoms with Crippen LogP contribution in [-0.2, 0) is 30.2 Å². The van der Waals surface area contributed by atoms with Crippen molar-refractivity contribution in [2.45, 2.75) is 52.9 Å². The Hall–Kier alpha value is -3.40. The van der Waals surface area contributed by atoms with Crippen LogP contribution in [0.4, 0.5) is 0 Å². The van der Waals surface area contributed by atoms with Crippen LogP contribution < -0.4 is 9.47 Å². The highest BCUT2D eigenvalue weighted by atomic mass is 16.7. The predicted molar refractivity (Wildman–Crippen MR) is 146 cm³/mol. The van der Waals surface area contributed by atoms with Crippen molar-refractivity contribution in [3.05, 3.63) is 65.9 Å². The van der Waals surface area contributed by atoms with E-state index in [0.29, 0.717) is 57.5 Å². The summed E-state index contributed by atoms with van der Waals surface area (Å²) in [7, 11) is 0. The van der Waals surface area contributed by atoms with Crippen LogP contribution in [0, 0.1) is 0 Å². The second kappa shape index (κ2) is 16.5. The molecular formula is C30H39NO8. The number of carbonyl (C=O) groups is 1. The minimum Gasteiger partial charge on any atom is -0.493 e. The number of aromatic nitrogens is 1. The van der Waals surface area contributed by atoms with Crippen LogP contribution in [0.25, 0.3) is 11.3 Å². The average molecular weight is 542 g/mol. The van der Waals surface area contributed by atoms with Crippen molar-refractivity contribution in [3.8, 4) is 22.8 Å². The molecule has 39 heavy (non-hydrogen) atoms. The number of ether oxygens (including phenoxy) is 6. The molecule has 1 atom stereocenters. The molecule has 9 nitrogen and oxygen atoms in total. The maximum atomic E-state index is 12.1. The van der Waals surface area contributed by atoms with Crippen LogP contribution in [0.1, 0.15) is 51.7 Å². The summed E-state index contributed by atoms with van der Waals surface area (Å²) in [6.45, 7) is 10.3. The highest BCUT2D eigenvalue weighted by molar-refractivity contribution is 5.75. The van der Waals surface area contributed by atoms with E-state index in [0.717, 1.165) is 29.0 Å². The number of carbonyl (C=O) groups excluding carboxylic acids is 1. The Kier molecular flexibility index (Phi) is 12.8. The summed E-state index contributed by atoms with van der Waals surface area (Å²) < 4.78 is 38.9. The zero-order valence-electron chi connectivity index (χ0n) is 23.2. The van der Waals surface area contributed by atoms with Crippen molar-refractivity contribution < 1.29 is 37.7 Å². The molecule has 0 fully saturated rings. The Morgan fingerprint density at radius 2 is 1.38 bits per heavy atom. The first kappa shape index (κ1) is 30.1. The van der Waals surface area contributed by atoms with Crippen LogP contribution in [0.2, 0.25) is 0 Å². The van der Waals surface area contributed by atoms with Gasteiger partial charge in [-0.25, -0.2) is 4.79 Å². The van der Waals surface area contributed by atoms with Gasteiger partial charge in [-0.2, -0.15) is 0 Å². The maximum absolute atomic E-state index is 12.1. The number of benzene rings is 2. The first-order chi connectivity index (χ1) is 19.1. The number of hydrogen-bond donors (Lipinski definition) is 0. The highest BCUT2D eigenvalue weighted by Crippen LogP contribution is 2.27. The van der Waals surface area contributed by atoms with Gasteiger partial charge in [0.25, 0.3) is 0 Å². The highest BCUT2D eigenvalue weighted by Gasteiger charge is 2.20. The van der Waals surface area contributed by atoms with Crippen LogP contribution >= 0.6 is 0 Å². The molecule has 0 amide bonds. The van der Waals surface area contributed by atoms with E-state index in [1.165, 1.54) is 0 Å². The second-order valence-electron chi connectivity index (χ2n) is 8.48. The number of esters is 1. The lowest BCUT2D eigenvalue weighted by Gasteiger charge is -2.15. The van der Waals surface area contributed by atoms with Crippen LogP contribution in [-0.4, -0.2) is 56.9 Å². The van der Waals surface area contributed by atoms with Gasteiger partial charge in [-0.1, -0.05) is 17.3 Å². The van der Waals surface area contributed by atoms with E-state index in [1.54, 1.807) is 6.92 Å². The number of nitrogens with zero attached hydrogens (tertiary/aromatic N) is 1. The van der Waals surface area contributed by atoms with Crippen molar-refractivity contribution in [1.29, 1.82) is 0 Å². The van der Waals surface area contributed by atoms with E-state index >= 15 is 0 Å². The summed E-state index contributed by atoms with van der Waals surface area (Å²) in [6, 6.07) is 17.1. The standard InChI is InChI=1S/C30H39NO8/c1-5-33-27(29(32)34-6-2)20-22-10-14-24(15-11-22)37-18-9-19-38-25-16-12-23(13-17-25)26-21-28(39-31-26)30(35-7-3)36-8-4/h10-17,21,27,30H,5-9,18-20H2,1-4H3/t27-/m0/s1. The molecule has 9 heteroatoms.